The van der Waals surface area contributed by atoms with Gasteiger partial charge in [-0.2, -0.15) is 0 Å². The molecule has 3 rings (SSSR count). The van der Waals surface area contributed by atoms with Crippen molar-refractivity contribution < 1.29 is 9.90 Å². The van der Waals surface area contributed by atoms with Gasteiger partial charge in [0.1, 0.15) is 0 Å². The number of carbonyl (C=O) groups excluding carboxylic acids is 1. The molecule has 4 nitrogen and oxygen atoms in total. The van der Waals surface area contributed by atoms with Gasteiger partial charge < -0.3 is 14.9 Å². The summed E-state index contributed by atoms with van der Waals surface area (Å²) in [6.45, 7) is 3.83. The third-order valence-corrected chi connectivity index (χ3v) is 5.94. The summed E-state index contributed by atoms with van der Waals surface area (Å²) in [6.07, 6.45) is 2.19. The lowest BCUT2D eigenvalue weighted by Crippen LogP contribution is -2.45. The van der Waals surface area contributed by atoms with E-state index in [4.69, 9.17) is 23.2 Å². The predicted octanol–water partition coefficient (Wildman–Crippen LogP) is 4.65. The molecule has 1 N–H and O–H groups in total. The van der Waals surface area contributed by atoms with Gasteiger partial charge >= 0.3 is 0 Å². The molecule has 2 aromatic rings. The highest BCUT2D eigenvalue weighted by Gasteiger charge is 2.51. The van der Waals surface area contributed by atoms with Crippen molar-refractivity contribution in [2.75, 3.05) is 26.0 Å². The molecule has 0 aliphatic carbocycles. The summed E-state index contributed by atoms with van der Waals surface area (Å²) < 4.78 is 0. The number of halogens is 2. The van der Waals surface area contributed by atoms with Gasteiger partial charge in [-0.15, -0.1) is 6.58 Å². The molecule has 0 spiro atoms. The molecule has 1 heterocycles. The van der Waals surface area contributed by atoms with Crippen LogP contribution in [0.15, 0.2) is 49.1 Å². The first-order valence-electron chi connectivity index (χ1n) is 8.60. The van der Waals surface area contributed by atoms with E-state index >= 15 is 0 Å². The Bertz CT molecular complexity index is 913. The third-order valence-electron chi connectivity index (χ3n) is 5.20. The number of aliphatic hydroxyl groups is 1. The molecule has 0 saturated heterocycles. The van der Waals surface area contributed by atoms with Gasteiger partial charge in [0.15, 0.2) is 5.72 Å². The van der Waals surface area contributed by atoms with Crippen molar-refractivity contribution >= 4 is 34.8 Å². The number of fused-ring (bicyclic) bond motifs is 1. The number of allylic oxidation sites excluding steroid dienone is 1. The summed E-state index contributed by atoms with van der Waals surface area (Å²) in [5, 5.41) is 12.6. The number of rotatable bonds is 5. The van der Waals surface area contributed by atoms with Crippen LogP contribution >= 0.6 is 23.2 Å². The first-order chi connectivity index (χ1) is 12.7. The van der Waals surface area contributed by atoms with Gasteiger partial charge in [-0.25, -0.2) is 0 Å². The molecule has 2 unspecified atom stereocenters. The summed E-state index contributed by atoms with van der Waals surface area (Å²) in [6, 6.07) is 10.8. The van der Waals surface area contributed by atoms with Gasteiger partial charge in [0, 0.05) is 43.9 Å². The fraction of sp³-hybridized carbons (Fsp3) is 0.286. The number of nitrogens with zero attached hydrogens (tertiary/aromatic N) is 2. The van der Waals surface area contributed by atoms with Crippen molar-refractivity contribution in [2.45, 2.75) is 18.1 Å². The van der Waals surface area contributed by atoms with Gasteiger partial charge in [-0.1, -0.05) is 41.4 Å². The van der Waals surface area contributed by atoms with Crippen LogP contribution in [0.3, 0.4) is 0 Å². The van der Waals surface area contributed by atoms with Crippen molar-refractivity contribution in [1.82, 2.24) is 4.90 Å². The Morgan fingerprint density at radius 3 is 2.52 bits per heavy atom. The molecule has 2 atom stereocenters. The molecule has 142 valence electrons. The highest BCUT2D eigenvalue weighted by Crippen LogP contribution is 2.48. The lowest BCUT2D eigenvalue weighted by molar-refractivity contribution is -0.0935. The standard InChI is InChI=1S/C21H22Cl2N2O2/c1-5-6-16(13-7-10-18(22)19(23)11-13)21(27)17-9-8-14(24(2)3)12-15(17)20(26)25(21)4/h5,7-12,16,27H,1,6H2,2-4H3. The van der Waals surface area contributed by atoms with Gasteiger partial charge in [0.2, 0.25) is 0 Å². The molecule has 1 amide bonds. The molecule has 27 heavy (non-hydrogen) atoms. The summed E-state index contributed by atoms with van der Waals surface area (Å²) in [5.74, 6) is -0.657. The monoisotopic (exact) mass is 404 g/mol. The van der Waals surface area contributed by atoms with E-state index < -0.39 is 11.6 Å². The fourth-order valence-electron chi connectivity index (χ4n) is 3.67. The average molecular weight is 405 g/mol. The second kappa shape index (κ2) is 7.19. The minimum absolute atomic E-state index is 0.217. The van der Waals surface area contributed by atoms with Gasteiger partial charge in [0.25, 0.3) is 5.91 Å². The Morgan fingerprint density at radius 2 is 1.93 bits per heavy atom. The smallest absolute Gasteiger partial charge is 0.256 e. The van der Waals surface area contributed by atoms with E-state index in [1.807, 2.05) is 43.3 Å². The van der Waals surface area contributed by atoms with Crippen LogP contribution in [0, 0.1) is 0 Å². The van der Waals surface area contributed by atoms with Gasteiger partial charge in [0.05, 0.1) is 10.0 Å². The van der Waals surface area contributed by atoms with Gasteiger partial charge in [-0.05, 0) is 36.2 Å². The van der Waals surface area contributed by atoms with E-state index in [1.54, 1.807) is 25.3 Å². The van der Waals surface area contributed by atoms with Crippen LogP contribution in [-0.4, -0.2) is 37.1 Å². The van der Waals surface area contributed by atoms with Crippen LogP contribution in [0.25, 0.3) is 0 Å². The average Bonchev–Trinajstić information content (AvgIpc) is 2.84. The number of hydrogen-bond donors (Lipinski definition) is 1. The molecule has 1 aliphatic heterocycles. The van der Waals surface area contributed by atoms with E-state index in [0.29, 0.717) is 27.6 Å². The summed E-state index contributed by atoms with van der Waals surface area (Å²) in [7, 11) is 5.44. The quantitative estimate of drug-likeness (QED) is 0.737. The maximum Gasteiger partial charge on any atom is 0.256 e. The molecule has 6 heteroatoms. The Labute approximate surface area is 169 Å². The summed E-state index contributed by atoms with van der Waals surface area (Å²) >= 11 is 12.3. The number of carbonyl (C=O) groups is 1. The van der Waals surface area contributed by atoms with E-state index in [9.17, 15) is 9.90 Å². The molecule has 0 fully saturated rings. The van der Waals surface area contributed by atoms with E-state index in [-0.39, 0.29) is 5.91 Å². The second-order valence-electron chi connectivity index (χ2n) is 6.97. The maximum absolute atomic E-state index is 12.9. The first kappa shape index (κ1) is 19.7. The maximum atomic E-state index is 12.9. The number of anilines is 1. The predicted molar refractivity (Wildman–Crippen MR) is 111 cm³/mol. The minimum Gasteiger partial charge on any atom is -0.378 e. The van der Waals surface area contributed by atoms with E-state index in [1.165, 1.54) is 4.90 Å². The van der Waals surface area contributed by atoms with Crippen molar-refractivity contribution in [3.63, 3.8) is 0 Å². The number of likely N-dealkylation sites (N-methyl/N-ethyl adjacent to an activating group) is 1. The molecule has 0 radical (unpaired) electrons. The van der Waals surface area contributed by atoms with Crippen LogP contribution in [0.5, 0.6) is 0 Å². The fourth-order valence-corrected chi connectivity index (χ4v) is 3.98. The van der Waals surface area contributed by atoms with Crippen molar-refractivity contribution in [3.05, 3.63) is 75.8 Å². The Hall–Kier alpha value is -2.01. The molecular weight excluding hydrogens is 383 g/mol. The van der Waals surface area contributed by atoms with Crippen molar-refractivity contribution in [1.29, 1.82) is 0 Å². The second-order valence-corrected chi connectivity index (χ2v) is 7.78. The lowest BCUT2D eigenvalue weighted by atomic mass is 9.81. The number of benzene rings is 2. The first-order valence-corrected chi connectivity index (χ1v) is 9.35. The van der Waals surface area contributed by atoms with Crippen molar-refractivity contribution in [2.24, 2.45) is 0 Å². The van der Waals surface area contributed by atoms with Crippen LogP contribution in [-0.2, 0) is 5.72 Å². The minimum atomic E-state index is -1.51. The number of hydrogen-bond acceptors (Lipinski definition) is 3. The Kier molecular flexibility index (Phi) is 5.26. The van der Waals surface area contributed by atoms with E-state index in [2.05, 4.69) is 6.58 Å². The molecule has 0 bridgehead atoms. The molecule has 1 aliphatic rings. The van der Waals surface area contributed by atoms with Crippen molar-refractivity contribution in [3.8, 4) is 0 Å². The molecule has 0 saturated carbocycles. The van der Waals surface area contributed by atoms with Crippen LogP contribution < -0.4 is 4.90 Å². The Morgan fingerprint density at radius 1 is 1.22 bits per heavy atom. The Balaban J connectivity index is 2.19. The highest BCUT2D eigenvalue weighted by molar-refractivity contribution is 6.42. The lowest BCUT2D eigenvalue weighted by Gasteiger charge is -2.39. The molecule has 0 aromatic heterocycles. The van der Waals surface area contributed by atoms with Crippen LogP contribution in [0.2, 0.25) is 10.0 Å². The van der Waals surface area contributed by atoms with Crippen LogP contribution in [0.4, 0.5) is 5.69 Å². The van der Waals surface area contributed by atoms with Crippen LogP contribution in [0.1, 0.15) is 33.8 Å². The third kappa shape index (κ3) is 3.12. The van der Waals surface area contributed by atoms with E-state index in [0.717, 1.165) is 11.3 Å². The number of amides is 1. The zero-order valence-electron chi connectivity index (χ0n) is 15.5. The summed E-state index contributed by atoms with van der Waals surface area (Å²) in [4.78, 5) is 16.2. The highest BCUT2D eigenvalue weighted by atomic mass is 35.5. The molecule has 2 aromatic carbocycles. The molecular formula is C21H22Cl2N2O2. The zero-order valence-corrected chi connectivity index (χ0v) is 17.1. The van der Waals surface area contributed by atoms with Gasteiger partial charge in [-0.3, -0.25) is 4.79 Å². The zero-order chi connectivity index (χ0) is 19.9. The normalized spacial score (nSPS) is 19.8. The SMILES string of the molecule is C=CCC(c1ccc(Cl)c(Cl)c1)C1(O)c2ccc(N(C)C)cc2C(=O)N1C. The topological polar surface area (TPSA) is 43.8 Å². The summed E-state index contributed by atoms with van der Waals surface area (Å²) in [5.41, 5.74) is 1.26. The largest absolute Gasteiger partial charge is 0.378 e.